The van der Waals surface area contributed by atoms with Crippen molar-refractivity contribution in [3.63, 3.8) is 0 Å². The predicted molar refractivity (Wildman–Crippen MR) is 75.7 cm³/mol. The standard InChI is InChI=1S/C15H22N2O3/c16-17-13(10-11-4-6-18-7-5-11)12-2-1-3-14-15(12)20-9-8-19-14/h1-3,11,13,17H,4-10,16H2. The first-order valence-corrected chi connectivity index (χ1v) is 7.31. The van der Waals surface area contributed by atoms with E-state index in [2.05, 4.69) is 11.5 Å². The van der Waals surface area contributed by atoms with Crippen molar-refractivity contribution in [1.29, 1.82) is 0 Å². The molecule has 2 aliphatic rings. The molecule has 0 radical (unpaired) electrons. The van der Waals surface area contributed by atoms with E-state index < -0.39 is 0 Å². The van der Waals surface area contributed by atoms with E-state index >= 15 is 0 Å². The lowest BCUT2D eigenvalue weighted by atomic mass is 9.89. The van der Waals surface area contributed by atoms with E-state index in [0.29, 0.717) is 19.1 Å². The Kier molecular flexibility index (Phi) is 4.40. The Hall–Kier alpha value is -1.30. The van der Waals surface area contributed by atoms with Gasteiger partial charge in [0.1, 0.15) is 13.2 Å². The molecule has 1 fully saturated rings. The largest absolute Gasteiger partial charge is 0.486 e. The molecule has 1 unspecified atom stereocenters. The van der Waals surface area contributed by atoms with Crippen LogP contribution in [0.4, 0.5) is 0 Å². The Labute approximate surface area is 119 Å². The van der Waals surface area contributed by atoms with Crippen molar-refractivity contribution in [1.82, 2.24) is 5.43 Å². The molecule has 0 aliphatic carbocycles. The number of hydrogen-bond donors (Lipinski definition) is 2. The fraction of sp³-hybridized carbons (Fsp3) is 0.600. The minimum absolute atomic E-state index is 0.0924. The number of hydrazine groups is 1. The maximum Gasteiger partial charge on any atom is 0.166 e. The number of fused-ring (bicyclic) bond motifs is 1. The maximum absolute atomic E-state index is 5.78. The van der Waals surface area contributed by atoms with Crippen LogP contribution in [0.15, 0.2) is 18.2 Å². The highest BCUT2D eigenvalue weighted by Crippen LogP contribution is 2.39. The summed E-state index contributed by atoms with van der Waals surface area (Å²) < 4.78 is 16.8. The molecule has 0 spiro atoms. The number of nitrogens with one attached hydrogen (secondary N) is 1. The van der Waals surface area contributed by atoms with Gasteiger partial charge in [0, 0.05) is 18.8 Å². The molecular weight excluding hydrogens is 256 g/mol. The third-order valence-electron chi connectivity index (χ3n) is 4.08. The van der Waals surface area contributed by atoms with Gasteiger partial charge in [-0.1, -0.05) is 12.1 Å². The van der Waals surface area contributed by atoms with Crippen LogP contribution in [0.25, 0.3) is 0 Å². The van der Waals surface area contributed by atoms with Gasteiger partial charge in [-0.15, -0.1) is 0 Å². The fourth-order valence-corrected chi connectivity index (χ4v) is 2.97. The van der Waals surface area contributed by atoms with Crippen LogP contribution in [-0.4, -0.2) is 26.4 Å². The Morgan fingerprint density at radius 3 is 2.75 bits per heavy atom. The van der Waals surface area contributed by atoms with Crippen molar-refractivity contribution in [2.45, 2.75) is 25.3 Å². The summed E-state index contributed by atoms with van der Waals surface area (Å²) in [5.74, 6) is 8.08. The molecule has 3 N–H and O–H groups in total. The lowest BCUT2D eigenvalue weighted by Crippen LogP contribution is -2.32. The number of nitrogens with two attached hydrogens (primary N) is 1. The van der Waals surface area contributed by atoms with Gasteiger partial charge in [0.05, 0.1) is 6.04 Å². The van der Waals surface area contributed by atoms with Crippen LogP contribution < -0.4 is 20.7 Å². The predicted octanol–water partition coefficient (Wildman–Crippen LogP) is 1.78. The summed E-state index contributed by atoms with van der Waals surface area (Å²) >= 11 is 0. The van der Waals surface area contributed by atoms with E-state index in [-0.39, 0.29) is 6.04 Å². The van der Waals surface area contributed by atoms with Crippen molar-refractivity contribution in [3.8, 4) is 11.5 Å². The summed E-state index contributed by atoms with van der Waals surface area (Å²) in [5.41, 5.74) is 4.03. The first-order chi connectivity index (χ1) is 9.88. The highest BCUT2D eigenvalue weighted by molar-refractivity contribution is 5.48. The quantitative estimate of drug-likeness (QED) is 0.649. The molecule has 1 aromatic carbocycles. The highest BCUT2D eigenvalue weighted by Gasteiger charge is 2.25. The van der Waals surface area contributed by atoms with E-state index in [1.165, 1.54) is 0 Å². The van der Waals surface area contributed by atoms with Crippen LogP contribution >= 0.6 is 0 Å². The topological polar surface area (TPSA) is 65.7 Å². The molecule has 2 aliphatic heterocycles. The zero-order valence-electron chi connectivity index (χ0n) is 11.6. The summed E-state index contributed by atoms with van der Waals surface area (Å²) in [6.07, 6.45) is 3.20. The van der Waals surface area contributed by atoms with Gasteiger partial charge in [-0.2, -0.15) is 0 Å². The second-order valence-corrected chi connectivity index (χ2v) is 5.38. The minimum Gasteiger partial charge on any atom is -0.486 e. The van der Waals surface area contributed by atoms with Crippen LogP contribution in [-0.2, 0) is 4.74 Å². The molecule has 3 rings (SSSR count). The van der Waals surface area contributed by atoms with Crippen LogP contribution in [0.3, 0.4) is 0 Å². The van der Waals surface area contributed by atoms with Crippen molar-refractivity contribution >= 4 is 0 Å². The van der Waals surface area contributed by atoms with Gasteiger partial charge >= 0.3 is 0 Å². The van der Waals surface area contributed by atoms with Crippen LogP contribution in [0.1, 0.15) is 30.9 Å². The Morgan fingerprint density at radius 1 is 1.15 bits per heavy atom. The van der Waals surface area contributed by atoms with Crippen LogP contribution in [0.5, 0.6) is 11.5 Å². The first-order valence-electron chi connectivity index (χ1n) is 7.31. The molecule has 0 amide bonds. The Bertz CT molecular complexity index is 447. The molecule has 0 aromatic heterocycles. The number of para-hydroxylation sites is 1. The Balaban J connectivity index is 1.78. The number of rotatable bonds is 4. The van der Waals surface area contributed by atoms with Gasteiger partial charge in [-0.25, -0.2) is 0 Å². The zero-order valence-corrected chi connectivity index (χ0v) is 11.6. The molecule has 20 heavy (non-hydrogen) atoms. The molecule has 0 saturated carbocycles. The summed E-state index contributed by atoms with van der Waals surface area (Å²) in [5, 5.41) is 0. The van der Waals surface area contributed by atoms with Gasteiger partial charge in [-0.3, -0.25) is 11.3 Å². The summed E-state index contributed by atoms with van der Waals surface area (Å²) in [6, 6.07) is 6.10. The monoisotopic (exact) mass is 278 g/mol. The van der Waals surface area contributed by atoms with Crippen molar-refractivity contribution in [3.05, 3.63) is 23.8 Å². The normalized spacial score (nSPS) is 20.6. The summed E-state index contributed by atoms with van der Waals surface area (Å²) in [7, 11) is 0. The second kappa shape index (κ2) is 6.43. The van der Waals surface area contributed by atoms with Crippen molar-refractivity contribution < 1.29 is 14.2 Å². The third-order valence-corrected chi connectivity index (χ3v) is 4.08. The van der Waals surface area contributed by atoms with Gasteiger partial charge in [-0.05, 0) is 31.2 Å². The fourth-order valence-electron chi connectivity index (χ4n) is 2.97. The molecular formula is C15H22N2O3. The van der Waals surface area contributed by atoms with Gasteiger partial charge in [0.15, 0.2) is 11.5 Å². The first kappa shape index (κ1) is 13.7. The maximum atomic E-state index is 5.78. The van der Waals surface area contributed by atoms with E-state index in [1.54, 1.807) is 0 Å². The molecule has 5 heteroatoms. The minimum atomic E-state index is 0.0924. The molecule has 2 heterocycles. The zero-order chi connectivity index (χ0) is 13.8. The lowest BCUT2D eigenvalue weighted by Gasteiger charge is -2.29. The SMILES string of the molecule is NNC(CC1CCOCC1)c1cccc2c1OCCO2. The summed E-state index contributed by atoms with van der Waals surface area (Å²) in [4.78, 5) is 0. The smallest absolute Gasteiger partial charge is 0.166 e. The Morgan fingerprint density at radius 2 is 1.95 bits per heavy atom. The van der Waals surface area contributed by atoms with E-state index in [1.807, 2.05) is 12.1 Å². The van der Waals surface area contributed by atoms with E-state index in [0.717, 1.165) is 49.5 Å². The average Bonchev–Trinajstić information content (AvgIpc) is 2.53. The third kappa shape index (κ3) is 2.90. The van der Waals surface area contributed by atoms with E-state index in [9.17, 15) is 0 Å². The van der Waals surface area contributed by atoms with Crippen molar-refractivity contribution in [2.24, 2.45) is 11.8 Å². The van der Waals surface area contributed by atoms with Crippen LogP contribution in [0, 0.1) is 5.92 Å². The van der Waals surface area contributed by atoms with Crippen molar-refractivity contribution in [2.75, 3.05) is 26.4 Å². The highest BCUT2D eigenvalue weighted by atomic mass is 16.6. The molecule has 5 nitrogen and oxygen atoms in total. The van der Waals surface area contributed by atoms with Gasteiger partial charge < -0.3 is 14.2 Å². The van der Waals surface area contributed by atoms with E-state index in [4.69, 9.17) is 20.1 Å². The number of hydrogen-bond acceptors (Lipinski definition) is 5. The van der Waals surface area contributed by atoms with Gasteiger partial charge in [0.2, 0.25) is 0 Å². The number of ether oxygens (including phenoxy) is 3. The molecule has 0 bridgehead atoms. The lowest BCUT2D eigenvalue weighted by molar-refractivity contribution is 0.0602. The molecule has 1 aromatic rings. The summed E-state index contributed by atoms with van der Waals surface area (Å²) in [6.45, 7) is 2.92. The molecule has 1 atom stereocenters. The number of benzene rings is 1. The molecule has 1 saturated heterocycles. The molecule has 110 valence electrons. The van der Waals surface area contributed by atoms with Gasteiger partial charge in [0.25, 0.3) is 0 Å². The average molecular weight is 278 g/mol. The second-order valence-electron chi connectivity index (χ2n) is 5.38. The van der Waals surface area contributed by atoms with Crippen LogP contribution in [0.2, 0.25) is 0 Å².